The zero-order valence-electron chi connectivity index (χ0n) is 33.1. The molecule has 7 heteroatoms. The number of nitrogens with zero attached hydrogens (tertiary/aromatic N) is 1. The molecule has 2 bridgehead atoms. The number of ketones is 1. The van der Waals surface area contributed by atoms with Crippen LogP contribution in [0.5, 0.6) is 11.5 Å². The number of allylic oxidation sites excluding steroid dienone is 2. The number of amides is 1. The summed E-state index contributed by atoms with van der Waals surface area (Å²) in [5, 5.41) is 24.0. The van der Waals surface area contributed by atoms with Gasteiger partial charge < -0.3 is 24.6 Å². The number of ether oxygens (including phenoxy) is 2. The molecule has 0 spiro atoms. The summed E-state index contributed by atoms with van der Waals surface area (Å²) in [7, 11) is 3.17. The van der Waals surface area contributed by atoms with Gasteiger partial charge >= 0.3 is 0 Å². The molecular formula is C48H57NO6. The molecule has 1 amide bonds. The second-order valence-electron chi connectivity index (χ2n) is 15.9. The Kier molecular flexibility index (Phi) is 12.6. The summed E-state index contributed by atoms with van der Waals surface area (Å²) in [5.74, 6) is 0.918. The van der Waals surface area contributed by atoms with E-state index in [9.17, 15) is 19.8 Å². The molecule has 3 aliphatic carbocycles. The normalized spacial score (nSPS) is 22.6. The molecule has 4 aromatic rings. The highest BCUT2D eigenvalue weighted by Gasteiger charge is 2.57. The maximum atomic E-state index is 14.6. The highest BCUT2D eigenvalue weighted by molar-refractivity contribution is 6.10. The fourth-order valence-corrected chi connectivity index (χ4v) is 8.95. The minimum Gasteiger partial charge on any atom is -0.493 e. The molecule has 0 saturated heterocycles. The van der Waals surface area contributed by atoms with Crippen molar-refractivity contribution in [2.75, 3.05) is 27.3 Å². The number of aliphatic hydroxyl groups is 2. The van der Waals surface area contributed by atoms with Gasteiger partial charge in [-0.2, -0.15) is 0 Å². The molecule has 290 valence electrons. The number of hydrogen-bond acceptors (Lipinski definition) is 6. The van der Waals surface area contributed by atoms with E-state index in [0.29, 0.717) is 61.3 Å². The monoisotopic (exact) mass is 743 g/mol. The van der Waals surface area contributed by atoms with Crippen molar-refractivity contribution in [3.05, 3.63) is 130 Å². The van der Waals surface area contributed by atoms with Crippen molar-refractivity contribution in [2.24, 2.45) is 5.41 Å². The molecule has 0 heterocycles. The van der Waals surface area contributed by atoms with Crippen LogP contribution in [0.1, 0.15) is 104 Å². The quantitative estimate of drug-likeness (QED) is 0.118. The van der Waals surface area contributed by atoms with E-state index < -0.39 is 17.1 Å². The SMILES string of the molecule is CCCN(CC1(O)CCC2c3ccc(cc3C(=O)c3ccc(-c4ccccc4)cc3)CC(O)CCC(C)=CCCC21C)C(=O)Cc1ccc(OC)c(OC)c1. The molecule has 0 aliphatic heterocycles. The Bertz CT molecular complexity index is 1990. The molecule has 3 aliphatic rings. The Labute approximate surface area is 327 Å². The zero-order valence-corrected chi connectivity index (χ0v) is 33.1. The first-order chi connectivity index (χ1) is 26.5. The first-order valence-electron chi connectivity index (χ1n) is 19.9. The molecule has 4 aromatic carbocycles. The summed E-state index contributed by atoms with van der Waals surface area (Å²) in [5.41, 5.74) is 5.37. The van der Waals surface area contributed by atoms with Crippen molar-refractivity contribution in [1.29, 1.82) is 0 Å². The Morgan fingerprint density at radius 3 is 2.31 bits per heavy atom. The molecule has 7 nitrogen and oxygen atoms in total. The maximum absolute atomic E-state index is 14.6. The van der Waals surface area contributed by atoms with Gasteiger partial charge in [-0.15, -0.1) is 0 Å². The standard InChI is InChI=1S/C48H57NO6/c1-6-27-49(45(51)31-35-16-23-43(54-4)44(30-35)55-5)32-48(53)26-24-42-40-22-15-34(28-39(50)21-14-33(2)11-10-25-47(42,48)3)29-41(40)46(52)38-19-17-37(18-20-38)36-12-8-7-9-13-36/h7-9,11-13,15-20,22-23,29-30,39,42,50,53H,6,10,14,21,24-28,31-32H2,1-5H3. The van der Waals surface area contributed by atoms with E-state index in [1.807, 2.05) is 71.6 Å². The van der Waals surface area contributed by atoms with E-state index in [1.54, 1.807) is 14.2 Å². The molecule has 4 atom stereocenters. The molecule has 0 radical (unpaired) electrons. The van der Waals surface area contributed by atoms with E-state index in [-0.39, 0.29) is 30.6 Å². The van der Waals surface area contributed by atoms with Gasteiger partial charge in [0.15, 0.2) is 17.3 Å². The van der Waals surface area contributed by atoms with Crippen LogP contribution in [-0.4, -0.2) is 65.8 Å². The molecule has 7 rings (SSSR count). The van der Waals surface area contributed by atoms with Gasteiger partial charge in [0.1, 0.15) is 0 Å². The van der Waals surface area contributed by atoms with Gasteiger partial charge in [-0.05, 0) is 110 Å². The Balaban J connectivity index is 1.36. The van der Waals surface area contributed by atoms with Gasteiger partial charge in [0.05, 0.1) is 32.3 Å². The number of carbonyl (C=O) groups excluding carboxylic acids is 2. The smallest absolute Gasteiger partial charge is 0.227 e. The average Bonchev–Trinajstić information content (AvgIpc) is 3.45. The molecule has 4 unspecified atom stereocenters. The predicted molar refractivity (Wildman–Crippen MR) is 219 cm³/mol. The van der Waals surface area contributed by atoms with Crippen LogP contribution in [0.2, 0.25) is 0 Å². The third kappa shape index (κ3) is 8.74. The van der Waals surface area contributed by atoms with Gasteiger partial charge in [-0.25, -0.2) is 0 Å². The van der Waals surface area contributed by atoms with Crippen LogP contribution < -0.4 is 9.47 Å². The van der Waals surface area contributed by atoms with E-state index in [2.05, 4.69) is 51.1 Å². The molecule has 2 N–H and O–H groups in total. The van der Waals surface area contributed by atoms with Crippen LogP contribution in [0.4, 0.5) is 0 Å². The summed E-state index contributed by atoms with van der Waals surface area (Å²) < 4.78 is 10.9. The summed E-state index contributed by atoms with van der Waals surface area (Å²) in [4.78, 5) is 30.5. The maximum Gasteiger partial charge on any atom is 0.227 e. The fourth-order valence-electron chi connectivity index (χ4n) is 8.95. The van der Waals surface area contributed by atoms with Crippen molar-refractivity contribution < 1.29 is 29.3 Å². The van der Waals surface area contributed by atoms with Crippen LogP contribution in [-0.2, 0) is 17.6 Å². The van der Waals surface area contributed by atoms with E-state index >= 15 is 0 Å². The van der Waals surface area contributed by atoms with E-state index in [1.165, 1.54) is 5.57 Å². The summed E-state index contributed by atoms with van der Waals surface area (Å²) in [6, 6.07) is 29.6. The van der Waals surface area contributed by atoms with Gasteiger partial charge in [-0.3, -0.25) is 9.59 Å². The topological polar surface area (TPSA) is 96.3 Å². The lowest BCUT2D eigenvalue weighted by Gasteiger charge is -2.46. The lowest BCUT2D eigenvalue weighted by molar-refractivity contribution is -0.139. The molecule has 1 fully saturated rings. The van der Waals surface area contributed by atoms with Crippen molar-refractivity contribution in [1.82, 2.24) is 4.90 Å². The van der Waals surface area contributed by atoms with Crippen LogP contribution in [0.15, 0.2) is 103 Å². The highest BCUT2D eigenvalue weighted by atomic mass is 16.5. The highest BCUT2D eigenvalue weighted by Crippen LogP contribution is 2.59. The number of methoxy groups -OCH3 is 2. The first kappa shape index (κ1) is 40.0. The minimum absolute atomic E-state index is 0.0519. The Morgan fingerprint density at radius 1 is 0.873 bits per heavy atom. The number of benzene rings is 4. The first-order valence-corrected chi connectivity index (χ1v) is 19.9. The molecule has 55 heavy (non-hydrogen) atoms. The number of aliphatic hydroxyl groups excluding tert-OH is 1. The van der Waals surface area contributed by atoms with Crippen molar-refractivity contribution >= 4 is 11.7 Å². The number of carbonyl (C=O) groups is 2. The van der Waals surface area contributed by atoms with Gasteiger partial charge in [0.2, 0.25) is 5.91 Å². The Morgan fingerprint density at radius 2 is 1.60 bits per heavy atom. The third-order valence-corrected chi connectivity index (χ3v) is 12.3. The van der Waals surface area contributed by atoms with Gasteiger partial charge in [0, 0.05) is 29.6 Å². The van der Waals surface area contributed by atoms with Crippen LogP contribution in [0.3, 0.4) is 0 Å². The largest absolute Gasteiger partial charge is 0.493 e. The minimum atomic E-state index is -1.20. The van der Waals surface area contributed by atoms with Crippen molar-refractivity contribution in [2.45, 2.75) is 96.2 Å². The molecule has 0 aromatic heterocycles. The van der Waals surface area contributed by atoms with Gasteiger partial charge in [0.25, 0.3) is 0 Å². The van der Waals surface area contributed by atoms with Crippen molar-refractivity contribution in [3.8, 4) is 22.6 Å². The van der Waals surface area contributed by atoms with Crippen LogP contribution in [0, 0.1) is 5.41 Å². The fraction of sp³-hybridized carbons (Fsp3) is 0.417. The van der Waals surface area contributed by atoms with E-state index in [0.717, 1.165) is 47.1 Å². The average molecular weight is 744 g/mol. The van der Waals surface area contributed by atoms with Crippen molar-refractivity contribution in [3.63, 3.8) is 0 Å². The second kappa shape index (κ2) is 17.4. The van der Waals surface area contributed by atoms with Crippen LogP contribution >= 0.6 is 0 Å². The summed E-state index contributed by atoms with van der Waals surface area (Å²) in [6.45, 7) is 7.06. The predicted octanol–water partition coefficient (Wildman–Crippen LogP) is 9.12. The number of fused-ring (bicyclic) bond motifs is 8. The summed E-state index contributed by atoms with van der Waals surface area (Å²) in [6.07, 6.45) is 7.12. The summed E-state index contributed by atoms with van der Waals surface area (Å²) >= 11 is 0. The Hall–Kier alpha value is -4.72. The molecule has 1 saturated carbocycles. The van der Waals surface area contributed by atoms with E-state index in [4.69, 9.17) is 9.47 Å². The number of rotatable bonds is 11. The lowest BCUT2D eigenvalue weighted by Crippen LogP contribution is -2.54. The number of hydrogen-bond donors (Lipinski definition) is 2. The molecular weight excluding hydrogens is 687 g/mol. The lowest BCUT2D eigenvalue weighted by atomic mass is 9.64. The van der Waals surface area contributed by atoms with Gasteiger partial charge in [-0.1, -0.05) is 98.3 Å². The zero-order chi connectivity index (χ0) is 39.2. The second-order valence-corrected chi connectivity index (χ2v) is 15.9. The van der Waals surface area contributed by atoms with Crippen LogP contribution in [0.25, 0.3) is 11.1 Å². The third-order valence-electron chi connectivity index (χ3n) is 12.3.